The number of hydrogen-bond acceptors (Lipinski definition) is 4. The summed E-state index contributed by atoms with van der Waals surface area (Å²) in [6.45, 7) is 2.97. The zero-order valence-electron chi connectivity index (χ0n) is 18.1. The molecule has 0 radical (unpaired) electrons. The van der Waals surface area contributed by atoms with E-state index in [2.05, 4.69) is 10.4 Å². The van der Waals surface area contributed by atoms with E-state index >= 15 is 0 Å². The van der Waals surface area contributed by atoms with Gasteiger partial charge in [0.25, 0.3) is 12.3 Å². The van der Waals surface area contributed by atoms with Crippen LogP contribution in [0.3, 0.4) is 0 Å². The molecular weight excluding hydrogens is 439 g/mol. The van der Waals surface area contributed by atoms with Crippen LogP contribution < -0.4 is 10.1 Å². The summed E-state index contributed by atoms with van der Waals surface area (Å²) in [5, 5.41) is 15.4. The number of aromatic nitrogens is 2. The number of halogens is 3. The molecule has 174 valence electrons. The fraction of sp³-hybridized carbons (Fsp3) is 0.261. The van der Waals surface area contributed by atoms with Crippen molar-refractivity contribution in [3.63, 3.8) is 0 Å². The molecule has 7 nitrogen and oxygen atoms in total. The van der Waals surface area contributed by atoms with Crippen LogP contribution in [0.1, 0.15) is 70.0 Å². The molecule has 0 spiro atoms. The molecule has 0 aliphatic heterocycles. The number of carbonyl (C=O) groups is 2. The summed E-state index contributed by atoms with van der Waals surface area (Å²) in [5.41, 5.74) is -0.227. The first kappa shape index (κ1) is 23.8. The highest BCUT2D eigenvalue weighted by Crippen LogP contribution is 2.33. The molecule has 2 aromatic carbocycles. The van der Waals surface area contributed by atoms with E-state index in [-0.39, 0.29) is 17.2 Å². The minimum Gasteiger partial charge on any atom is -0.478 e. The molecule has 0 bridgehead atoms. The summed E-state index contributed by atoms with van der Waals surface area (Å²) in [6.07, 6.45) is -4.32. The number of amides is 1. The lowest BCUT2D eigenvalue weighted by Crippen LogP contribution is -2.27. The Morgan fingerprint density at radius 2 is 1.73 bits per heavy atom. The van der Waals surface area contributed by atoms with Crippen LogP contribution >= 0.6 is 0 Å². The summed E-state index contributed by atoms with van der Waals surface area (Å²) in [6, 6.07) is 11.2. The summed E-state index contributed by atoms with van der Waals surface area (Å²) < 4.78 is 47.7. The number of aromatic carboxylic acids is 1. The molecule has 1 amide bonds. The van der Waals surface area contributed by atoms with E-state index in [4.69, 9.17) is 9.84 Å². The second kappa shape index (κ2) is 9.76. The van der Waals surface area contributed by atoms with Crippen LogP contribution in [0.15, 0.2) is 48.5 Å². The molecule has 10 heteroatoms. The van der Waals surface area contributed by atoms with Crippen LogP contribution in [0.5, 0.6) is 11.6 Å². The van der Waals surface area contributed by atoms with Gasteiger partial charge in [-0.3, -0.25) is 4.79 Å². The number of ether oxygens (including phenoxy) is 1. The lowest BCUT2D eigenvalue weighted by atomic mass is 10.1. The predicted molar refractivity (Wildman–Crippen MR) is 113 cm³/mol. The third-order valence-corrected chi connectivity index (χ3v) is 4.99. The maximum Gasteiger partial charge on any atom is 0.335 e. The van der Waals surface area contributed by atoms with Crippen LogP contribution in [0, 0.1) is 0 Å². The van der Waals surface area contributed by atoms with Crippen LogP contribution in [0.2, 0.25) is 0 Å². The van der Waals surface area contributed by atoms with Crippen molar-refractivity contribution in [2.45, 2.75) is 32.5 Å². The van der Waals surface area contributed by atoms with Gasteiger partial charge in [0.2, 0.25) is 5.88 Å². The first-order chi connectivity index (χ1) is 15.6. The van der Waals surface area contributed by atoms with Gasteiger partial charge in [-0.15, -0.1) is 0 Å². The highest BCUT2D eigenvalue weighted by molar-refractivity contribution is 5.98. The number of carboxylic acids is 1. The van der Waals surface area contributed by atoms with Crippen LogP contribution in [0.4, 0.5) is 13.2 Å². The molecular formula is C23H22F3N3O4. The Balaban J connectivity index is 1.91. The molecule has 1 heterocycles. The summed E-state index contributed by atoms with van der Waals surface area (Å²) in [7, 11) is 1.35. The topological polar surface area (TPSA) is 93.4 Å². The number of aryl methyl sites for hydroxylation is 1. The number of carbonyl (C=O) groups excluding carboxylic acids is 1. The second-order valence-electron chi connectivity index (χ2n) is 7.40. The van der Waals surface area contributed by atoms with Crippen LogP contribution in [-0.4, -0.2) is 26.8 Å². The normalized spacial score (nSPS) is 12.9. The van der Waals surface area contributed by atoms with E-state index < -0.39 is 41.8 Å². The molecule has 0 aliphatic rings. The first-order valence-corrected chi connectivity index (χ1v) is 9.99. The van der Waals surface area contributed by atoms with E-state index in [1.54, 1.807) is 19.1 Å². The monoisotopic (exact) mass is 461 g/mol. The number of nitrogens with zero attached hydrogens (tertiary/aromatic N) is 2. The van der Waals surface area contributed by atoms with Gasteiger partial charge in [-0.2, -0.15) is 5.10 Å². The van der Waals surface area contributed by atoms with Crippen LogP contribution in [0.25, 0.3) is 0 Å². The number of rotatable bonds is 8. The van der Waals surface area contributed by atoms with Gasteiger partial charge in [0.05, 0.1) is 11.6 Å². The smallest absolute Gasteiger partial charge is 0.335 e. The van der Waals surface area contributed by atoms with E-state index in [9.17, 15) is 22.8 Å². The van der Waals surface area contributed by atoms with Gasteiger partial charge in [0.15, 0.2) is 0 Å². The lowest BCUT2D eigenvalue weighted by molar-refractivity contribution is 0.0696. The van der Waals surface area contributed by atoms with Crippen molar-refractivity contribution in [2.75, 3.05) is 0 Å². The molecule has 0 aliphatic carbocycles. The fourth-order valence-electron chi connectivity index (χ4n) is 3.22. The molecule has 1 aromatic heterocycles. The highest BCUT2D eigenvalue weighted by atomic mass is 19.3. The summed E-state index contributed by atoms with van der Waals surface area (Å²) in [5.74, 6) is -2.01. The minimum atomic E-state index is -3.04. The molecule has 0 saturated heterocycles. The number of hydrogen-bond donors (Lipinski definition) is 2. The summed E-state index contributed by atoms with van der Waals surface area (Å²) >= 11 is 0. The Morgan fingerprint density at radius 1 is 1.06 bits per heavy atom. The van der Waals surface area contributed by atoms with Crippen molar-refractivity contribution in [1.29, 1.82) is 0 Å². The molecule has 3 rings (SSSR count). The van der Waals surface area contributed by atoms with Gasteiger partial charge >= 0.3 is 5.97 Å². The average Bonchev–Trinajstić information content (AvgIpc) is 3.10. The maximum absolute atomic E-state index is 13.7. The van der Waals surface area contributed by atoms with Gasteiger partial charge < -0.3 is 15.2 Å². The quantitative estimate of drug-likeness (QED) is 0.471. The molecule has 33 heavy (non-hydrogen) atoms. The van der Waals surface area contributed by atoms with Gasteiger partial charge in [-0.05, 0) is 49.2 Å². The zero-order valence-corrected chi connectivity index (χ0v) is 18.1. The Morgan fingerprint density at radius 3 is 2.30 bits per heavy atom. The number of benzene rings is 2. The first-order valence-electron chi connectivity index (χ1n) is 9.99. The molecule has 0 fully saturated rings. The van der Waals surface area contributed by atoms with Crippen molar-refractivity contribution in [1.82, 2.24) is 15.1 Å². The standard InChI is InChI=1S/C23H22F3N3O4/c1-12(24)16-5-4-6-17(11-16)33-22-18(19(20(25)26)28-29(22)3)21(30)27-13(2)14-7-9-15(10-8-14)23(31)32/h4-13,20H,1-3H3,(H,27,30)(H,31,32). The fourth-order valence-corrected chi connectivity index (χ4v) is 3.22. The van der Waals surface area contributed by atoms with E-state index in [1.807, 2.05) is 0 Å². The Bertz CT molecular complexity index is 1160. The Labute approximate surface area is 187 Å². The van der Waals surface area contributed by atoms with Gasteiger partial charge in [0, 0.05) is 7.05 Å². The minimum absolute atomic E-state index is 0.0741. The number of carboxylic acid groups (broad SMARTS) is 1. The SMILES string of the molecule is CC(F)c1cccc(Oc2c(C(=O)NC(C)c3ccc(C(=O)O)cc3)c(C(F)F)nn2C)c1. The maximum atomic E-state index is 13.7. The third kappa shape index (κ3) is 5.33. The van der Waals surface area contributed by atoms with Crippen LogP contribution in [-0.2, 0) is 7.05 Å². The highest BCUT2D eigenvalue weighted by Gasteiger charge is 2.30. The van der Waals surface area contributed by atoms with E-state index in [1.165, 1.54) is 50.4 Å². The predicted octanol–water partition coefficient (Wildman–Crippen LogP) is 5.37. The van der Waals surface area contributed by atoms with Crippen molar-refractivity contribution >= 4 is 11.9 Å². The molecule has 2 N–H and O–H groups in total. The van der Waals surface area contributed by atoms with Crippen molar-refractivity contribution in [2.24, 2.45) is 7.05 Å². The second-order valence-corrected chi connectivity index (χ2v) is 7.40. The Kier molecular flexibility index (Phi) is 7.05. The largest absolute Gasteiger partial charge is 0.478 e. The molecule has 3 aromatic rings. The number of alkyl halides is 3. The van der Waals surface area contributed by atoms with Gasteiger partial charge in [-0.25, -0.2) is 22.6 Å². The van der Waals surface area contributed by atoms with Crippen molar-refractivity contribution in [3.05, 3.63) is 76.5 Å². The molecule has 2 atom stereocenters. The van der Waals surface area contributed by atoms with E-state index in [0.717, 1.165) is 4.68 Å². The van der Waals surface area contributed by atoms with E-state index in [0.29, 0.717) is 11.1 Å². The average molecular weight is 461 g/mol. The Hall–Kier alpha value is -3.82. The van der Waals surface area contributed by atoms with Crippen molar-refractivity contribution in [3.8, 4) is 11.6 Å². The summed E-state index contributed by atoms with van der Waals surface area (Å²) in [4.78, 5) is 24.0. The number of nitrogens with one attached hydrogen (secondary N) is 1. The zero-order chi connectivity index (χ0) is 24.3. The van der Waals surface area contributed by atoms with Gasteiger partial charge in [-0.1, -0.05) is 24.3 Å². The van der Waals surface area contributed by atoms with Crippen molar-refractivity contribution < 1.29 is 32.6 Å². The van der Waals surface area contributed by atoms with Gasteiger partial charge in [0.1, 0.15) is 23.2 Å². The lowest BCUT2D eigenvalue weighted by Gasteiger charge is -2.16. The molecule has 2 unspecified atom stereocenters. The third-order valence-electron chi connectivity index (χ3n) is 4.99. The molecule has 0 saturated carbocycles.